The summed E-state index contributed by atoms with van der Waals surface area (Å²) in [6.45, 7) is -0.195. The molecule has 2 fully saturated rings. The summed E-state index contributed by atoms with van der Waals surface area (Å²) in [4.78, 5) is 11.2. The molecule has 0 aliphatic carbocycles. The van der Waals surface area contributed by atoms with E-state index in [1.54, 1.807) is 0 Å². The molecule has 12 heteroatoms. The molecular formula is C14H25NO11. The summed E-state index contributed by atoms with van der Waals surface area (Å²) in [5.74, 6) is -0.564. The summed E-state index contributed by atoms with van der Waals surface area (Å²) < 4.78 is 15.7. The van der Waals surface area contributed by atoms with Gasteiger partial charge in [0, 0.05) is 6.92 Å². The lowest BCUT2D eigenvalue weighted by molar-refractivity contribution is -0.345. The number of rotatable bonds is 5. The first-order chi connectivity index (χ1) is 12.2. The predicted octanol–water partition coefficient (Wildman–Crippen LogP) is -5.25. The van der Waals surface area contributed by atoms with Crippen molar-refractivity contribution in [3.05, 3.63) is 0 Å². The van der Waals surface area contributed by atoms with Crippen LogP contribution in [-0.4, -0.2) is 116 Å². The molecule has 10 atom stereocenters. The maximum atomic E-state index is 11.2. The number of nitrogens with one attached hydrogen (secondary N) is 1. The molecule has 2 rings (SSSR count). The van der Waals surface area contributed by atoms with Crippen LogP contribution in [-0.2, 0) is 19.0 Å². The first-order valence-electron chi connectivity index (χ1n) is 8.06. The highest BCUT2D eigenvalue weighted by Crippen LogP contribution is 2.28. The molecule has 2 saturated heterocycles. The SMILES string of the molecule is CC(=O)NC1C(O)[C@H](O[C@@H]2OC(CO)[C@H](O)C(O)[C@@H]2O)C(CO)O[C@H]1O. The molecule has 2 heterocycles. The molecule has 8 N–H and O–H groups in total. The summed E-state index contributed by atoms with van der Waals surface area (Å²) in [5, 5.41) is 70.7. The monoisotopic (exact) mass is 383 g/mol. The Kier molecular flexibility index (Phi) is 7.27. The maximum absolute atomic E-state index is 11.2. The van der Waals surface area contributed by atoms with Gasteiger partial charge in [-0.2, -0.15) is 0 Å². The van der Waals surface area contributed by atoms with E-state index in [2.05, 4.69) is 5.32 Å². The molecule has 12 nitrogen and oxygen atoms in total. The fraction of sp³-hybridized carbons (Fsp3) is 0.929. The van der Waals surface area contributed by atoms with Crippen molar-refractivity contribution in [1.82, 2.24) is 5.32 Å². The van der Waals surface area contributed by atoms with Crippen molar-refractivity contribution in [2.24, 2.45) is 0 Å². The Morgan fingerprint density at radius 1 is 0.923 bits per heavy atom. The van der Waals surface area contributed by atoms with Crippen molar-refractivity contribution in [2.75, 3.05) is 13.2 Å². The third-order valence-electron chi connectivity index (χ3n) is 4.38. The summed E-state index contributed by atoms with van der Waals surface area (Å²) in [6.07, 6.45) is -13.6. The number of amides is 1. The van der Waals surface area contributed by atoms with Crippen LogP contribution in [0.25, 0.3) is 0 Å². The number of carbonyl (C=O) groups excluding carboxylic acids is 1. The molecule has 152 valence electrons. The normalized spacial score (nSPS) is 46.8. The number of hydrogen-bond donors (Lipinski definition) is 8. The Hall–Kier alpha value is -0.930. The van der Waals surface area contributed by atoms with Gasteiger partial charge in [-0.15, -0.1) is 0 Å². The largest absolute Gasteiger partial charge is 0.394 e. The second kappa shape index (κ2) is 8.84. The molecule has 0 aromatic heterocycles. The van der Waals surface area contributed by atoms with Crippen molar-refractivity contribution in [2.45, 2.75) is 68.3 Å². The van der Waals surface area contributed by atoms with Gasteiger partial charge in [-0.05, 0) is 0 Å². The molecule has 0 aromatic carbocycles. The number of ether oxygens (including phenoxy) is 3. The van der Waals surface area contributed by atoms with E-state index in [0.717, 1.165) is 6.92 Å². The lowest BCUT2D eigenvalue weighted by Gasteiger charge is -2.46. The van der Waals surface area contributed by atoms with E-state index in [1.807, 2.05) is 0 Å². The molecule has 2 aliphatic heterocycles. The van der Waals surface area contributed by atoms with Gasteiger partial charge in [0.15, 0.2) is 12.6 Å². The van der Waals surface area contributed by atoms with Crippen LogP contribution in [0.1, 0.15) is 6.92 Å². The number of aliphatic hydroxyl groups excluding tert-OH is 7. The Bertz CT molecular complexity index is 478. The summed E-state index contributed by atoms with van der Waals surface area (Å²) >= 11 is 0. The minimum absolute atomic E-state index is 0.564. The van der Waals surface area contributed by atoms with Crippen LogP contribution >= 0.6 is 0 Å². The average molecular weight is 383 g/mol. The van der Waals surface area contributed by atoms with Gasteiger partial charge in [0.25, 0.3) is 0 Å². The van der Waals surface area contributed by atoms with E-state index < -0.39 is 80.5 Å². The van der Waals surface area contributed by atoms with Gasteiger partial charge in [0.1, 0.15) is 48.8 Å². The first kappa shape index (κ1) is 21.4. The topological polar surface area (TPSA) is 198 Å². The van der Waals surface area contributed by atoms with Crippen LogP contribution in [0.3, 0.4) is 0 Å². The highest BCUT2D eigenvalue weighted by molar-refractivity contribution is 5.73. The van der Waals surface area contributed by atoms with E-state index in [0.29, 0.717) is 0 Å². The molecule has 0 aromatic rings. The lowest BCUT2D eigenvalue weighted by Crippen LogP contribution is -2.67. The van der Waals surface area contributed by atoms with E-state index in [9.17, 15) is 40.5 Å². The standard InChI is InChI=1S/C14H25NO11/c1-4(18)15-7-9(20)12(6(3-17)24-13(7)23)26-14-11(22)10(21)8(19)5(2-16)25-14/h5-14,16-17,19-23H,2-3H2,1H3,(H,15,18)/t5?,6?,7?,8-,9?,10?,11-,12+,13+,14-/m0/s1. The summed E-state index contributed by atoms with van der Waals surface area (Å²) in [7, 11) is 0. The molecule has 26 heavy (non-hydrogen) atoms. The third-order valence-corrected chi connectivity index (χ3v) is 4.38. The number of aliphatic hydroxyl groups is 7. The zero-order valence-electron chi connectivity index (χ0n) is 14.0. The summed E-state index contributed by atoms with van der Waals surface area (Å²) in [6, 6.07) is -1.29. The minimum Gasteiger partial charge on any atom is -0.394 e. The van der Waals surface area contributed by atoms with E-state index in [4.69, 9.17) is 14.2 Å². The molecule has 0 spiro atoms. The highest BCUT2D eigenvalue weighted by atomic mass is 16.7. The maximum Gasteiger partial charge on any atom is 0.217 e. The zero-order chi connectivity index (χ0) is 19.6. The summed E-state index contributed by atoms with van der Waals surface area (Å²) in [5.41, 5.74) is 0. The molecule has 0 saturated carbocycles. The quantitative estimate of drug-likeness (QED) is 0.226. The van der Waals surface area contributed by atoms with Gasteiger partial charge >= 0.3 is 0 Å². The smallest absolute Gasteiger partial charge is 0.217 e. The molecule has 1 amide bonds. The Balaban J connectivity index is 2.16. The number of carbonyl (C=O) groups is 1. The number of hydrogen-bond acceptors (Lipinski definition) is 11. The Labute approximate surface area is 148 Å². The van der Waals surface area contributed by atoms with Crippen LogP contribution in [0, 0.1) is 0 Å². The van der Waals surface area contributed by atoms with Crippen molar-refractivity contribution < 1.29 is 54.8 Å². The second-order valence-corrected chi connectivity index (χ2v) is 6.26. The van der Waals surface area contributed by atoms with Crippen molar-refractivity contribution >= 4 is 5.91 Å². The van der Waals surface area contributed by atoms with Gasteiger partial charge in [0.05, 0.1) is 13.2 Å². The van der Waals surface area contributed by atoms with Crippen LogP contribution in [0.4, 0.5) is 0 Å². The Morgan fingerprint density at radius 3 is 2.08 bits per heavy atom. The van der Waals surface area contributed by atoms with Gasteiger partial charge in [-0.3, -0.25) is 4.79 Å². The van der Waals surface area contributed by atoms with Gasteiger partial charge in [-0.1, -0.05) is 0 Å². The molecule has 0 radical (unpaired) electrons. The zero-order valence-corrected chi connectivity index (χ0v) is 14.0. The predicted molar refractivity (Wildman–Crippen MR) is 80.2 cm³/mol. The Morgan fingerprint density at radius 2 is 1.54 bits per heavy atom. The first-order valence-corrected chi connectivity index (χ1v) is 8.06. The van der Waals surface area contributed by atoms with Crippen LogP contribution in [0.2, 0.25) is 0 Å². The van der Waals surface area contributed by atoms with Crippen molar-refractivity contribution in [3.8, 4) is 0 Å². The van der Waals surface area contributed by atoms with Crippen molar-refractivity contribution in [1.29, 1.82) is 0 Å². The molecule has 2 aliphatic rings. The minimum atomic E-state index is -1.73. The second-order valence-electron chi connectivity index (χ2n) is 6.26. The fourth-order valence-electron chi connectivity index (χ4n) is 2.98. The molecule has 5 unspecified atom stereocenters. The van der Waals surface area contributed by atoms with E-state index in [-0.39, 0.29) is 0 Å². The van der Waals surface area contributed by atoms with E-state index >= 15 is 0 Å². The van der Waals surface area contributed by atoms with Crippen LogP contribution < -0.4 is 5.32 Å². The average Bonchev–Trinajstić information content (AvgIpc) is 2.60. The van der Waals surface area contributed by atoms with Crippen molar-refractivity contribution in [3.63, 3.8) is 0 Å². The van der Waals surface area contributed by atoms with E-state index in [1.165, 1.54) is 0 Å². The highest BCUT2D eigenvalue weighted by Gasteiger charge is 2.50. The third kappa shape index (κ3) is 4.31. The van der Waals surface area contributed by atoms with Gasteiger partial charge in [0.2, 0.25) is 5.91 Å². The molecule has 0 bridgehead atoms. The molecular weight excluding hydrogens is 358 g/mol. The van der Waals surface area contributed by atoms with Gasteiger partial charge in [-0.25, -0.2) is 0 Å². The van der Waals surface area contributed by atoms with Gasteiger partial charge < -0.3 is 55.3 Å². The van der Waals surface area contributed by atoms with Crippen LogP contribution in [0.5, 0.6) is 0 Å². The fourth-order valence-corrected chi connectivity index (χ4v) is 2.98. The lowest BCUT2D eigenvalue weighted by atomic mass is 9.95. The van der Waals surface area contributed by atoms with Crippen LogP contribution in [0.15, 0.2) is 0 Å².